The van der Waals surface area contributed by atoms with E-state index in [1.54, 1.807) is 0 Å². The fourth-order valence-electron chi connectivity index (χ4n) is 3.38. The predicted octanol–water partition coefficient (Wildman–Crippen LogP) is 5.67. The van der Waals surface area contributed by atoms with Crippen LogP contribution in [-0.2, 0) is 6.42 Å². The Balaban J connectivity index is 1.35. The first kappa shape index (κ1) is 15.4. The summed E-state index contributed by atoms with van der Waals surface area (Å²) in [6.45, 7) is 3.30. The van der Waals surface area contributed by atoms with E-state index < -0.39 is 0 Å². The maximum atomic E-state index is 3.68. The lowest BCUT2D eigenvalue weighted by Gasteiger charge is -2.13. The maximum absolute atomic E-state index is 3.68. The van der Waals surface area contributed by atoms with Crippen molar-refractivity contribution in [3.8, 4) is 0 Å². The summed E-state index contributed by atoms with van der Waals surface area (Å²) >= 11 is 1.84. The van der Waals surface area contributed by atoms with Crippen LogP contribution in [0.1, 0.15) is 30.5 Å². The van der Waals surface area contributed by atoms with Crippen LogP contribution in [0.15, 0.2) is 60.1 Å². The van der Waals surface area contributed by atoms with Crippen LogP contribution in [0.2, 0.25) is 0 Å². The molecular weight excluding hydrogens is 312 g/mol. The quantitative estimate of drug-likeness (QED) is 0.437. The molecule has 2 nitrogen and oxygen atoms in total. The number of fused-ring (bicyclic) bond motifs is 2. The average molecular weight is 334 g/mol. The summed E-state index contributed by atoms with van der Waals surface area (Å²) in [5, 5.41) is 8.72. The van der Waals surface area contributed by atoms with E-state index in [4.69, 9.17) is 0 Å². The molecule has 0 fully saturated rings. The minimum Gasteiger partial charge on any atom is -0.361 e. The molecule has 0 radical (unpaired) electrons. The van der Waals surface area contributed by atoms with Crippen molar-refractivity contribution in [3.05, 3.63) is 71.2 Å². The number of aromatic amines is 1. The smallest absolute Gasteiger partial charge is 0.0456 e. The Morgan fingerprint density at radius 2 is 1.83 bits per heavy atom. The molecule has 122 valence electrons. The van der Waals surface area contributed by atoms with Crippen molar-refractivity contribution in [2.75, 3.05) is 6.54 Å². The van der Waals surface area contributed by atoms with Crippen molar-refractivity contribution < 1.29 is 0 Å². The van der Waals surface area contributed by atoms with Crippen LogP contribution >= 0.6 is 11.3 Å². The lowest BCUT2D eigenvalue weighted by Crippen LogP contribution is -2.20. The Morgan fingerprint density at radius 3 is 2.75 bits per heavy atom. The van der Waals surface area contributed by atoms with Gasteiger partial charge in [-0.2, -0.15) is 0 Å². The van der Waals surface area contributed by atoms with Crippen molar-refractivity contribution in [1.82, 2.24) is 10.3 Å². The topological polar surface area (TPSA) is 27.8 Å². The van der Waals surface area contributed by atoms with Gasteiger partial charge in [-0.05, 0) is 60.3 Å². The van der Waals surface area contributed by atoms with Crippen LogP contribution in [0.3, 0.4) is 0 Å². The first-order chi connectivity index (χ1) is 11.8. The molecule has 2 aromatic carbocycles. The molecule has 0 aliphatic carbocycles. The monoisotopic (exact) mass is 334 g/mol. The van der Waals surface area contributed by atoms with E-state index in [1.165, 1.54) is 32.1 Å². The standard InChI is InChI=1S/C21H22N2S/c1-15(19-14-24-21-11-5-3-9-18(19)21)22-12-6-7-16-13-23-20-10-4-2-8-17(16)20/h2-5,8-11,13-15,22-23H,6-7,12H2,1H3. The van der Waals surface area contributed by atoms with E-state index in [1.807, 2.05) is 11.3 Å². The van der Waals surface area contributed by atoms with E-state index in [2.05, 4.69) is 77.3 Å². The van der Waals surface area contributed by atoms with Crippen LogP contribution in [-0.4, -0.2) is 11.5 Å². The number of hydrogen-bond donors (Lipinski definition) is 2. The van der Waals surface area contributed by atoms with Gasteiger partial charge >= 0.3 is 0 Å². The van der Waals surface area contributed by atoms with E-state index in [9.17, 15) is 0 Å². The highest BCUT2D eigenvalue weighted by atomic mass is 32.1. The molecule has 2 N–H and O–H groups in total. The van der Waals surface area contributed by atoms with Gasteiger partial charge in [0.05, 0.1) is 0 Å². The molecule has 1 atom stereocenters. The van der Waals surface area contributed by atoms with Gasteiger partial charge in [0.2, 0.25) is 0 Å². The summed E-state index contributed by atoms with van der Waals surface area (Å²) in [6.07, 6.45) is 4.41. The SMILES string of the molecule is CC(NCCCc1c[nH]c2ccccc12)c1csc2ccccc12. The highest BCUT2D eigenvalue weighted by Crippen LogP contribution is 2.30. The molecule has 3 heteroatoms. The largest absolute Gasteiger partial charge is 0.361 e. The van der Waals surface area contributed by atoms with E-state index in [0.717, 1.165) is 19.4 Å². The third-order valence-electron chi connectivity index (χ3n) is 4.73. The Morgan fingerprint density at radius 1 is 1.04 bits per heavy atom. The second kappa shape index (κ2) is 6.80. The number of benzene rings is 2. The van der Waals surface area contributed by atoms with E-state index in [0.29, 0.717) is 6.04 Å². The Kier molecular flexibility index (Phi) is 4.37. The molecule has 0 saturated heterocycles. The van der Waals surface area contributed by atoms with E-state index in [-0.39, 0.29) is 0 Å². The highest BCUT2D eigenvalue weighted by molar-refractivity contribution is 7.17. The minimum atomic E-state index is 0.393. The van der Waals surface area contributed by atoms with Gasteiger partial charge in [-0.1, -0.05) is 36.4 Å². The van der Waals surface area contributed by atoms with Crippen LogP contribution in [0.25, 0.3) is 21.0 Å². The number of aryl methyl sites for hydroxylation is 1. The average Bonchev–Trinajstić information content (AvgIpc) is 3.23. The molecule has 0 saturated carbocycles. The molecule has 0 bridgehead atoms. The van der Waals surface area contributed by atoms with E-state index >= 15 is 0 Å². The molecule has 1 unspecified atom stereocenters. The molecule has 4 aromatic rings. The zero-order chi connectivity index (χ0) is 16.4. The molecular formula is C21H22N2S. The summed E-state index contributed by atoms with van der Waals surface area (Å²) in [4.78, 5) is 3.36. The molecule has 2 heterocycles. The number of H-pyrrole nitrogens is 1. The Bertz CT molecular complexity index is 950. The Hall–Kier alpha value is -2.10. The second-order valence-corrected chi connectivity index (χ2v) is 7.24. The molecule has 24 heavy (non-hydrogen) atoms. The molecule has 0 spiro atoms. The number of nitrogens with one attached hydrogen (secondary N) is 2. The van der Waals surface area contributed by atoms with Crippen LogP contribution in [0.5, 0.6) is 0 Å². The van der Waals surface area contributed by atoms with Gasteiger partial charge < -0.3 is 10.3 Å². The summed E-state index contributed by atoms with van der Waals surface area (Å²) in [6, 6.07) is 17.6. The zero-order valence-corrected chi connectivity index (χ0v) is 14.7. The van der Waals surface area contributed by atoms with Crippen molar-refractivity contribution in [2.24, 2.45) is 0 Å². The Labute approximate surface area is 146 Å². The summed E-state index contributed by atoms with van der Waals surface area (Å²) < 4.78 is 1.37. The van der Waals surface area contributed by atoms with Crippen LogP contribution in [0.4, 0.5) is 0 Å². The summed E-state index contributed by atoms with van der Waals surface area (Å²) in [5.74, 6) is 0. The van der Waals surface area contributed by atoms with Crippen molar-refractivity contribution in [1.29, 1.82) is 0 Å². The van der Waals surface area contributed by atoms with Gasteiger partial charge in [0.25, 0.3) is 0 Å². The fraction of sp³-hybridized carbons (Fsp3) is 0.238. The lowest BCUT2D eigenvalue weighted by molar-refractivity contribution is 0.562. The van der Waals surface area contributed by atoms with Crippen molar-refractivity contribution in [2.45, 2.75) is 25.8 Å². The highest BCUT2D eigenvalue weighted by Gasteiger charge is 2.10. The second-order valence-electron chi connectivity index (χ2n) is 6.33. The van der Waals surface area contributed by atoms with Gasteiger partial charge in [0, 0.05) is 27.8 Å². The third kappa shape index (κ3) is 2.97. The predicted molar refractivity (Wildman–Crippen MR) is 105 cm³/mol. The van der Waals surface area contributed by atoms with Gasteiger partial charge in [0.1, 0.15) is 0 Å². The van der Waals surface area contributed by atoms with Gasteiger partial charge in [-0.3, -0.25) is 0 Å². The normalized spacial score (nSPS) is 12.9. The van der Waals surface area contributed by atoms with Crippen LogP contribution in [0, 0.1) is 0 Å². The number of rotatable bonds is 6. The number of para-hydroxylation sites is 1. The van der Waals surface area contributed by atoms with Gasteiger partial charge in [-0.25, -0.2) is 0 Å². The fourth-order valence-corrected chi connectivity index (χ4v) is 4.43. The molecule has 2 aromatic heterocycles. The summed E-state index contributed by atoms with van der Waals surface area (Å²) in [5.41, 5.74) is 4.07. The number of hydrogen-bond acceptors (Lipinski definition) is 2. The summed E-state index contributed by atoms with van der Waals surface area (Å²) in [7, 11) is 0. The molecule has 0 aliphatic rings. The van der Waals surface area contributed by atoms with Gasteiger partial charge in [-0.15, -0.1) is 11.3 Å². The van der Waals surface area contributed by atoms with Crippen molar-refractivity contribution in [3.63, 3.8) is 0 Å². The number of thiophene rings is 1. The maximum Gasteiger partial charge on any atom is 0.0456 e. The zero-order valence-electron chi connectivity index (χ0n) is 13.9. The first-order valence-corrected chi connectivity index (χ1v) is 9.45. The molecule has 4 rings (SSSR count). The third-order valence-corrected chi connectivity index (χ3v) is 5.71. The van der Waals surface area contributed by atoms with Crippen molar-refractivity contribution >= 4 is 32.3 Å². The van der Waals surface area contributed by atoms with Crippen LogP contribution < -0.4 is 5.32 Å². The first-order valence-electron chi connectivity index (χ1n) is 8.57. The number of aromatic nitrogens is 1. The minimum absolute atomic E-state index is 0.393. The van der Waals surface area contributed by atoms with Gasteiger partial charge in [0.15, 0.2) is 0 Å². The lowest BCUT2D eigenvalue weighted by atomic mass is 10.1. The molecule has 0 amide bonds. The molecule has 0 aliphatic heterocycles.